The maximum Gasteiger partial charge on any atom is 0.222 e. The SMILES string of the molecule is CNC(=O)C1CCN(c2cnc3ccccc3n2)CC1. The topological polar surface area (TPSA) is 58.1 Å². The molecule has 1 amide bonds. The Hall–Kier alpha value is -2.17. The second-order valence-electron chi connectivity index (χ2n) is 5.09. The number of rotatable bonds is 2. The van der Waals surface area contributed by atoms with Gasteiger partial charge in [-0.15, -0.1) is 0 Å². The normalized spacial score (nSPS) is 16.4. The van der Waals surface area contributed by atoms with Crippen LogP contribution in [-0.2, 0) is 4.79 Å². The fourth-order valence-electron chi connectivity index (χ4n) is 2.67. The highest BCUT2D eigenvalue weighted by atomic mass is 16.1. The molecule has 2 aromatic rings. The maximum atomic E-state index is 11.6. The van der Waals surface area contributed by atoms with Gasteiger partial charge in [0, 0.05) is 26.1 Å². The highest BCUT2D eigenvalue weighted by Gasteiger charge is 2.24. The summed E-state index contributed by atoms with van der Waals surface area (Å²) in [6, 6.07) is 7.87. The minimum atomic E-state index is 0.129. The Morgan fingerprint density at radius 2 is 1.95 bits per heavy atom. The zero-order chi connectivity index (χ0) is 13.9. The van der Waals surface area contributed by atoms with Gasteiger partial charge in [0.05, 0.1) is 17.2 Å². The first-order chi connectivity index (χ1) is 9.78. The summed E-state index contributed by atoms with van der Waals surface area (Å²) in [5, 5.41) is 2.73. The molecule has 3 rings (SSSR count). The molecule has 1 aliphatic heterocycles. The number of benzene rings is 1. The third-order valence-electron chi connectivity index (χ3n) is 3.87. The molecule has 0 spiro atoms. The number of fused-ring (bicyclic) bond motifs is 1. The van der Waals surface area contributed by atoms with Gasteiger partial charge in [-0.1, -0.05) is 12.1 Å². The lowest BCUT2D eigenvalue weighted by atomic mass is 9.96. The van der Waals surface area contributed by atoms with Gasteiger partial charge in [0.2, 0.25) is 5.91 Å². The van der Waals surface area contributed by atoms with Crippen LogP contribution in [0.2, 0.25) is 0 Å². The van der Waals surface area contributed by atoms with Crippen LogP contribution in [0.4, 0.5) is 5.82 Å². The summed E-state index contributed by atoms with van der Waals surface area (Å²) in [7, 11) is 1.70. The summed E-state index contributed by atoms with van der Waals surface area (Å²) in [6.07, 6.45) is 3.56. The smallest absolute Gasteiger partial charge is 0.222 e. The molecule has 0 aliphatic carbocycles. The van der Waals surface area contributed by atoms with Crippen molar-refractivity contribution in [3.63, 3.8) is 0 Å². The first-order valence-corrected chi connectivity index (χ1v) is 6.96. The molecule has 1 fully saturated rings. The van der Waals surface area contributed by atoms with Crippen molar-refractivity contribution in [3.8, 4) is 0 Å². The molecule has 1 N–H and O–H groups in total. The quantitative estimate of drug-likeness (QED) is 0.900. The van der Waals surface area contributed by atoms with E-state index in [9.17, 15) is 4.79 Å². The summed E-state index contributed by atoms with van der Waals surface area (Å²) in [5.41, 5.74) is 1.83. The minimum absolute atomic E-state index is 0.129. The summed E-state index contributed by atoms with van der Waals surface area (Å²) in [6.45, 7) is 1.70. The Morgan fingerprint density at radius 1 is 1.25 bits per heavy atom. The largest absolute Gasteiger partial charge is 0.359 e. The Morgan fingerprint density at radius 3 is 2.65 bits per heavy atom. The molecule has 1 aromatic heterocycles. The van der Waals surface area contributed by atoms with Gasteiger partial charge >= 0.3 is 0 Å². The molecule has 0 bridgehead atoms. The molecular formula is C15H18N4O. The average Bonchev–Trinajstić information content (AvgIpc) is 2.54. The second-order valence-corrected chi connectivity index (χ2v) is 5.09. The zero-order valence-corrected chi connectivity index (χ0v) is 11.5. The van der Waals surface area contributed by atoms with Crippen molar-refractivity contribution in [2.75, 3.05) is 25.0 Å². The monoisotopic (exact) mass is 270 g/mol. The van der Waals surface area contributed by atoms with Crippen molar-refractivity contribution in [1.29, 1.82) is 0 Å². The van der Waals surface area contributed by atoms with Crippen LogP contribution in [0.3, 0.4) is 0 Å². The predicted molar refractivity (Wildman–Crippen MR) is 78.5 cm³/mol. The first kappa shape index (κ1) is 12.8. The average molecular weight is 270 g/mol. The van der Waals surface area contributed by atoms with E-state index in [0.29, 0.717) is 0 Å². The summed E-state index contributed by atoms with van der Waals surface area (Å²) in [5.74, 6) is 1.18. The van der Waals surface area contributed by atoms with Crippen molar-refractivity contribution in [1.82, 2.24) is 15.3 Å². The van der Waals surface area contributed by atoms with Gasteiger partial charge in [-0.25, -0.2) is 4.98 Å². The van der Waals surface area contributed by atoms with Crippen molar-refractivity contribution < 1.29 is 4.79 Å². The second kappa shape index (κ2) is 5.45. The number of carbonyl (C=O) groups is 1. The summed E-state index contributed by atoms with van der Waals surface area (Å²) in [4.78, 5) is 22.9. The number of piperidine rings is 1. The van der Waals surface area contributed by atoms with Crippen molar-refractivity contribution in [2.24, 2.45) is 5.92 Å². The molecule has 104 valence electrons. The summed E-state index contributed by atoms with van der Waals surface area (Å²) >= 11 is 0. The molecule has 0 atom stereocenters. The van der Waals surface area contributed by atoms with E-state index >= 15 is 0 Å². The lowest BCUT2D eigenvalue weighted by Crippen LogP contribution is -2.39. The lowest BCUT2D eigenvalue weighted by Gasteiger charge is -2.31. The minimum Gasteiger partial charge on any atom is -0.359 e. The molecule has 2 heterocycles. The number of amides is 1. The third-order valence-corrected chi connectivity index (χ3v) is 3.87. The number of hydrogen-bond donors (Lipinski definition) is 1. The fraction of sp³-hybridized carbons (Fsp3) is 0.400. The van der Waals surface area contributed by atoms with Gasteiger partial charge in [-0.05, 0) is 25.0 Å². The van der Waals surface area contributed by atoms with Crippen LogP contribution < -0.4 is 10.2 Å². The van der Waals surface area contributed by atoms with Crippen LogP contribution in [0.15, 0.2) is 30.5 Å². The number of para-hydroxylation sites is 2. The van der Waals surface area contributed by atoms with Crippen LogP contribution in [0, 0.1) is 5.92 Å². The molecule has 5 nitrogen and oxygen atoms in total. The molecule has 1 saturated heterocycles. The number of carbonyl (C=O) groups excluding carboxylic acids is 1. The number of hydrogen-bond acceptors (Lipinski definition) is 4. The first-order valence-electron chi connectivity index (χ1n) is 6.96. The van der Waals surface area contributed by atoms with Crippen LogP contribution in [-0.4, -0.2) is 36.0 Å². The van der Waals surface area contributed by atoms with Crippen LogP contribution >= 0.6 is 0 Å². The van der Waals surface area contributed by atoms with Gasteiger partial charge in [-0.2, -0.15) is 0 Å². The van der Waals surface area contributed by atoms with E-state index in [1.54, 1.807) is 7.05 Å². The van der Waals surface area contributed by atoms with E-state index in [0.717, 1.165) is 42.8 Å². The molecule has 1 aromatic carbocycles. The third kappa shape index (κ3) is 2.43. The van der Waals surface area contributed by atoms with Gasteiger partial charge in [0.15, 0.2) is 0 Å². The van der Waals surface area contributed by atoms with Gasteiger partial charge in [0.25, 0.3) is 0 Å². The Bertz CT molecular complexity index is 620. The molecule has 20 heavy (non-hydrogen) atoms. The molecule has 1 aliphatic rings. The van der Waals surface area contributed by atoms with Crippen LogP contribution in [0.5, 0.6) is 0 Å². The van der Waals surface area contributed by atoms with Crippen molar-refractivity contribution in [3.05, 3.63) is 30.5 Å². The number of nitrogens with one attached hydrogen (secondary N) is 1. The Labute approximate surface area is 118 Å². The standard InChI is InChI=1S/C15H18N4O/c1-16-15(20)11-6-8-19(9-7-11)14-10-17-12-4-2-3-5-13(12)18-14/h2-5,10-11H,6-9H2,1H3,(H,16,20). The molecular weight excluding hydrogens is 252 g/mol. The van der Waals surface area contributed by atoms with Gasteiger partial charge in [0.1, 0.15) is 5.82 Å². The number of aromatic nitrogens is 2. The van der Waals surface area contributed by atoms with E-state index in [1.807, 2.05) is 30.5 Å². The highest BCUT2D eigenvalue weighted by Crippen LogP contribution is 2.22. The van der Waals surface area contributed by atoms with Crippen LogP contribution in [0.1, 0.15) is 12.8 Å². The zero-order valence-electron chi connectivity index (χ0n) is 11.5. The number of anilines is 1. The van der Waals surface area contributed by atoms with E-state index in [4.69, 9.17) is 0 Å². The molecule has 0 radical (unpaired) electrons. The van der Waals surface area contributed by atoms with Crippen molar-refractivity contribution in [2.45, 2.75) is 12.8 Å². The molecule has 5 heteroatoms. The molecule has 0 saturated carbocycles. The maximum absolute atomic E-state index is 11.6. The van der Waals surface area contributed by atoms with E-state index in [2.05, 4.69) is 20.2 Å². The molecule has 0 unspecified atom stereocenters. The van der Waals surface area contributed by atoms with Gasteiger partial charge < -0.3 is 10.2 Å². The number of nitrogens with zero attached hydrogens (tertiary/aromatic N) is 3. The van der Waals surface area contributed by atoms with E-state index in [-0.39, 0.29) is 11.8 Å². The summed E-state index contributed by atoms with van der Waals surface area (Å²) < 4.78 is 0. The highest BCUT2D eigenvalue weighted by molar-refractivity contribution is 5.79. The van der Waals surface area contributed by atoms with Crippen LogP contribution in [0.25, 0.3) is 11.0 Å². The van der Waals surface area contributed by atoms with E-state index in [1.165, 1.54) is 0 Å². The lowest BCUT2D eigenvalue weighted by molar-refractivity contribution is -0.125. The van der Waals surface area contributed by atoms with Gasteiger partial charge in [-0.3, -0.25) is 9.78 Å². The predicted octanol–water partition coefficient (Wildman–Crippen LogP) is 1.59. The fourth-order valence-corrected chi connectivity index (χ4v) is 2.67. The Kier molecular flexibility index (Phi) is 3.50. The Balaban J connectivity index is 1.75. The van der Waals surface area contributed by atoms with Crippen molar-refractivity contribution >= 4 is 22.8 Å². The van der Waals surface area contributed by atoms with E-state index < -0.39 is 0 Å².